The molecule has 0 amide bonds. The zero-order valence-corrected chi connectivity index (χ0v) is 8.33. The molecule has 72 valence electrons. The molecule has 0 aliphatic heterocycles. The molecule has 1 aromatic rings. The number of hydrogen-bond donors (Lipinski definition) is 2. The molecular formula is C11H16O2. The van der Waals surface area contributed by atoms with E-state index in [0.29, 0.717) is 5.75 Å². The maximum Gasteiger partial charge on any atom is 0.118 e. The van der Waals surface area contributed by atoms with E-state index in [1.54, 1.807) is 6.07 Å². The van der Waals surface area contributed by atoms with Gasteiger partial charge in [-0.05, 0) is 24.1 Å². The number of aliphatic hydroxyl groups is 1. The summed E-state index contributed by atoms with van der Waals surface area (Å²) < 4.78 is 0. The van der Waals surface area contributed by atoms with E-state index in [-0.39, 0.29) is 12.0 Å². The van der Waals surface area contributed by atoms with E-state index in [9.17, 15) is 5.11 Å². The molecule has 2 heteroatoms. The van der Waals surface area contributed by atoms with Gasteiger partial charge in [-0.2, -0.15) is 0 Å². The zero-order valence-electron chi connectivity index (χ0n) is 8.33. The Hall–Kier alpha value is -1.02. The highest BCUT2D eigenvalue weighted by molar-refractivity contribution is 5.38. The van der Waals surface area contributed by atoms with Gasteiger partial charge in [0.2, 0.25) is 0 Å². The van der Waals surface area contributed by atoms with Crippen LogP contribution in [0.5, 0.6) is 5.75 Å². The normalized spacial score (nSPS) is 11.7. The Morgan fingerprint density at radius 3 is 2.38 bits per heavy atom. The summed E-state index contributed by atoms with van der Waals surface area (Å²) in [4.78, 5) is 0. The van der Waals surface area contributed by atoms with Crippen molar-refractivity contribution in [1.29, 1.82) is 0 Å². The van der Waals surface area contributed by atoms with E-state index < -0.39 is 0 Å². The Balaban J connectivity index is 3.10. The smallest absolute Gasteiger partial charge is 0.118 e. The van der Waals surface area contributed by atoms with Gasteiger partial charge in [-0.3, -0.25) is 0 Å². The molecule has 0 heterocycles. The second-order valence-electron chi connectivity index (χ2n) is 4.04. The number of aryl methyl sites for hydroxylation is 1. The van der Waals surface area contributed by atoms with Gasteiger partial charge < -0.3 is 10.2 Å². The zero-order chi connectivity index (χ0) is 10.1. The summed E-state index contributed by atoms with van der Waals surface area (Å²) in [6.07, 6.45) is 0. The molecule has 0 atom stereocenters. The number of hydrogen-bond acceptors (Lipinski definition) is 2. The second-order valence-corrected chi connectivity index (χ2v) is 4.04. The Morgan fingerprint density at radius 2 is 1.92 bits per heavy atom. The van der Waals surface area contributed by atoms with E-state index in [2.05, 4.69) is 0 Å². The van der Waals surface area contributed by atoms with Crippen molar-refractivity contribution in [3.8, 4) is 5.75 Å². The first-order valence-electron chi connectivity index (χ1n) is 4.38. The number of rotatable bonds is 2. The van der Waals surface area contributed by atoms with E-state index in [4.69, 9.17) is 5.11 Å². The van der Waals surface area contributed by atoms with Crippen LogP contribution in [0.15, 0.2) is 18.2 Å². The number of aliphatic hydroxyl groups excluding tert-OH is 1. The second kappa shape index (κ2) is 3.38. The molecule has 1 aromatic carbocycles. The molecule has 2 nitrogen and oxygen atoms in total. The van der Waals surface area contributed by atoms with Crippen LogP contribution in [0, 0.1) is 6.92 Å². The van der Waals surface area contributed by atoms with Gasteiger partial charge in [0.1, 0.15) is 5.75 Å². The lowest BCUT2D eigenvalue weighted by Gasteiger charge is -2.22. The van der Waals surface area contributed by atoms with Crippen LogP contribution in [-0.2, 0) is 5.41 Å². The van der Waals surface area contributed by atoms with Crippen LogP contribution in [0.25, 0.3) is 0 Å². The molecule has 0 fully saturated rings. The van der Waals surface area contributed by atoms with Gasteiger partial charge in [-0.25, -0.2) is 0 Å². The Bertz CT molecular complexity index is 303. The first-order valence-corrected chi connectivity index (χ1v) is 4.38. The van der Waals surface area contributed by atoms with E-state index in [1.807, 2.05) is 32.9 Å². The van der Waals surface area contributed by atoms with Gasteiger partial charge in [-0.15, -0.1) is 0 Å². The highest BCUT2D eigenvalue weighted by Gasteiger charge is 2.19. The van der Waals surface area contributed by atoms with Crippen LogP contribution in [0.2, 0.25) is 0 Å². The van der Waals surface area contributed by atoms with Gasteiger partial charge in [0.05, 0.1) is 6.61 Å². The van der Waals surface area contributed by atoms with Crippen molar-refractivity contribution in [2.75, 3.05) is 6.61 Å². The largest absolute Gasteiger partial charge is 0.508 e. The van der Waals surface area contributed by atoms with Gasteiger partial charge >= 0.3 is 0 Å². The lowest BCUT2D eigenvalue weighted by molar-refractivity contribution is 0.218. The fraction of sp³-hybridized carbons (Fsp3) is 0.455. The van der Waals surface area contributed by atoms with E-state index in [1.165, 1.54) is 0 Å². The van der Waals surface area contributed by atoms with Crippen LogP contribution >= 0.6 is 0 Å². The van der Waals surface area contributed by atoms with Crippen LogP contribution in [0.3, 0.4) is 0 Å². The van der Waals surface area contributed by atoms with Crippen LogP contribution in [0.1, 0.15) is 25.0 Å². The SMILES string of the molecule is Cc1ccc(C(C)(C)CO)cc1O. The fourth-order valence-electron chi connectivity index (χ4n) is 1.12. The van der Waals surface area contributed by atoms with Crippen molar-refractivity contribution < 1.29 is 10.2 Å². The average molecular weight is 180 g/mol. The molecule has 0 aromatic heterocycles. The van der Waals surface area contributed by atoms with Crippen molar-refractivity contribution in [3.05, 3.63) is 29.3 Å². The highest BCUT2D eigenvalue weighted by atomic mass is 16.3. The summed E-state index contributed by atoms with van der Waals surface area (Å²) in [5.41, 5.74) is 1.53. The minimum Gasteiger partial charge on any atom is -0.508 e. The first-order chi connectivity index (χ1) is 5.97. The van der Waals surface area contributed by atoms with Gasteiger partial charge in [0, 0.05) is 5.41 Å². The average Bonchev–Trinajstić information content (AvgIpc) is 2.09. The third-order valence-corrected chi connectivity index (χ3v) is 2.39. The Labute approximate surface area is 78.8 Å². The van der Waals surface area contributed by atoms with Crippen LogP contribution in [-0.4, -0.2) is 16.8 Å². The summed E-state index contributed by atoms with van der Waals surface area (Å²) in [6.45, 7) is 5.81. The van der Waals surface area contributed by atoms with Crippen LogP contribution in [0.4, 0.5) is 0 Å². The fourth-order valence-corrected chi connectivity index (χ4v) is 1.12. The summed E-state index contributed by atoms with van der Waals surface area (Å²) in [5.74, 6) is 0.291. The molecule has 2 N–H and O–H groups in total. The number of phenols is 1. The standard InChI is InChI=1S/C11H16O2/c1-8-4-5-9(6-10(8)13)11(2,3)7-12/h4-6,12-13H,7H2,1-3H3. The summed E-state index contributed by atoms with van der Waals surface area (Å²) >= 11 is 0. The molecule has 0 saturated heterocycles. The van der Waals surface area contributed by atoms with E-state index in [0.717, 1.165) is 11.1 Å². The predicted molar refractivity (Wildman–Crippen MR) is 53.0 cm³/mol. The van der Waals surface area contributed by atoms with Crippen LogP contribution < -0.4 is 0 Å². The number of benzene rings is 1. The number of phenolic OH excluding ortho intramolecular Hbond substituents is 1. The van der Waals surface area contributed by atoms with Crippen molar-refractivity contribution >= 4 is 0 Å². The summed E-state index contributed by atoms with van der Waals surface area (Å²) in [5, 5.41) is 18.6. The summed E-state index contributed by atoms with van der Waals surface area (Å²) in [6, 6.07) is 5.51. The maximum absolute atomic E-state index is 9.48. The number of aromatic hydroxyl groups is 1. The lowest BCUT2D eigenvalue weighted by Crippen LogP contribution is -2.21. The molecule has 13 heavy (non-hydrogen) atoms. The topological polar surface area (TPSA) is 40.5 Å². The van der Waals surface area contributed by atoms with Crippen molar-refractivity contribution in [3.63, 3.8) is 0 Å². The predicted octanol–water partition coefficient (Wildman–Crippen LogP) is 1.97. The minimum atomic E-state index is -0.287. The quantitative estimate of drug-likeness (QED) is 0.730. The minimum absolute atomic E-state index is 0.0789. The molecule has 0 aliphatic rings. The van der Waals surface area contributed by atoms with Gasteiger partial charge in [-0.1, -0.05) is 26.0 Å². The third kappa shape index (κ3) is 2.01. The molecule has 1 rings (SSSR count). The Morgan fingerprint density at radius 1 is 1.31 bits per heavy atom. The highest BCUT2D eigenvalue weighted by Crippen LogP contribution is 2.27. The molecule has 0 bridgehead atoms. The molecule has 0 radical (unpaired) electrons. The summed E-state index contributed by atoms with van der Waals surface area (Å²) in [7, 11) is 0. The van der Waals surface area contributed by atoms with Crippen molar-refractivity contribution in [1.82, 2.24) is 0 Å². The molecule has 0 unspecified atom stereocenters. The maximum atomic E-state index is 9.48. The van der Waals surface area contributed by atoms with Gasteiger partial charge in [0.25, 0.3) is 0 Å². The third-order valence-electron chi connectivity index (χ3n) is 2.39. The molecular weight excluding hydrogens is 164 g/mol. The monoisotopic (exact) mass is 180 g/mol. The van der Waals surface area contributed by atoms with Gasteiger partial charge in [0.15, 0.2) is 0 Å². The first kappa shape index (κ1) is 10.1. The van der Waals surface area contributed by atoms with Crippen molar-refractivity contribution in [2.24, 2.45) is 0 Å². The molecule has 0 aliphatic carbocycles. The lowest BCUT2D eigenvalue weighted by atomic mass is 9.85. The van der Waals surface area contributed by atoms with Crippen molar-refractivity contribution in [2.45, 2.75) is 26.2 Å². The Kier molecular flexibility index (Phi) is 2.62. The van der Waals surface area contributed by atoms with E-state index >= 15 is 0 Å². The molecule has 0 saturated carbocycles. The molecule has 0 spiro atoms.